The zero-order valence-electron chi connectivity index (χ0n) is 20.0. The Labute approximate surface area is 222 Å². The fourth-order valence-corrected chi connectivity index (χ4v) is 3.76. The molecule has 2 amide bonds. The number of amides is 2. The number of rotatable bonds is 11. The number of nitrogens with one attached hydrogen (secondary N) is 2. The molecule has 0 bridgehead atoms. The third-order valence-electron chi connectivity index (χ3n) is 4.95. The Morgan fingerprint density at radius 2 is 1.81 bits per heavy atom. The second-order valence-corrected chi connectivity index (χ2v) is 8.52. The number of carbonyl (C=O) groups excluding carboxylic acids is 2. The average Bonchev–Trinajstić information content (AvgIpc) is 2.89. The average molecular weight is 567 g/mol. The highest BCUT2D eigenvalue weighted by Crippen LogP contribution is 2.37. The molecule has 0 unspecified atom stereocenters. The molecule has 0 saturated heterocycles. The smallest absolute Gasteiger partial charge is 0.240 e. The van der Waals surface area contributed by atoms with E-state index in [4.69, 9.17) is 9.47 Å². The highest BCUT2D eigenvalue weighted by molar-refractivity contribution is 9.10. The monoisotopic (exact) mass is 566 g/mol. The zero-order valence-corrected chi connectivity index (χ0v) is 21.5. The van der Waals surface area contributed by atoms with Gasteiger partial charge < -0.3 is 14.8 Å². The van der Waals surface area contributed by atoms with Crippen LogP contribution in [0.15, 0.2) is 70.2 Å². The molecule has 3 aromatic rings. The number of hydrazone groups is 1. The van der Waals surface area contributed by atoms with Crippen LogP contribution in [0.4, 0.5) is 10.1 Å². The predicted octanol–water partition coefficient (Wildman–Crippen LogP) is 5.31. The number of hydrogen-bond donors (Lipinski definition) is 2. The van der Waals surface area contributed by atoms with Gasteiger partial charge in [0.2, 0.25) is 11.8 Å². The maximum Gasteiger partial charge on any atom is 0.240 e. The summed E-state index contributed by atoms with van der Waals surface area (Å²) >= 11 is 3.49. The highest BCUT2D eigenvalue weighted by atomic mass is 79.9. The van der Waals surface area contributed by atoms with Crippen molar-refractivity contribution in [2.45, 2.75) is 26.4 Å². The quantitative estimate of drug-likeness (QED) is 0.241. The third kappa shape index (κ3) is 8.44. The molecule has 8 nitrogen and oxygen atoms in total. The number of nitriles is 1. The summed E-state index contributed by atoms with van der Waals surface area (Å²) in [4.78, 5) is 24.0. The standard InChI is InChI=1S/C27H24BrFN4O4/c1-2-36-24-14-18(13-23(28)27(24)37-17-20-6-4-3-5-19(20)15-30)16-31-33-26(35)12-11-25(34)32-22-9-7-21(29)8-10-22/h3-10,13-14,16H,2,11-12,17H2,1H3,(H,32,34)(H,33,35). The summed E-state index contributed by atoms with van der Waals surface area (Å²) in [6.45, 7) is 2.42. The molecule has 10 heteroatoms. The largest absolute Gasteiger partial charge is 0.490 e. The molecular weight excluding hydrogens is 543 g/mol. The number of benzene rings is 3. The Morgan fingerprint density at radius 3 is 2.54 bits per heavy atom. The van der Waals surface area contributed by atoms with Crippen LogP contribution in [-0.2, 0) is 16.2 Å². The van der Waals surface area contributed by atoms with Crippen molar-refractivity contribution < 1.29 is 23.5 Å². The summed E-state index contributed by atoms with van der Waals surface area (Å²) in [5.41, 5.74) is 4.75. The van der Waals surface area contributed by atoms with Gasteiger partial charge in [0.05, 0.1) is 28.9 Å². The lowest BCUT2D eigenvalue weighted by molar-refractivity contribution is -0.124. The lowest BCUT2D eigenvalue weighted by atomic mass is 10.1. The third-order valence-corrected chi connectivity index (χ3v) is 5.54. The fourth-order valence-electron chi connectivity index (χ4n) is 3.19. The van der Waals surface area contributed by atoms with Crippen LogP contribution in [0.2, 0.25) is 0 Å². The summed E-state index contributed by atoms with van der Waals surface area (Å²) in [5, 5.41) is 15.8. The molecule has 0 aromatic heterocycles. The molecule has 3 aromatic carbocycles. The van der Waals surface area contributed by atoms with Crippen molar-refractivity contribution in [2.75, 3.05) is 11.9 Å². The van der Waals surface area contributed by atoms with Crippen molar-refractivity contribution in [3.05, 3.63) is 87.6 Å². The van der Waals surface area contributed by atoms with Crippen molar-refractivity contribution in [3.8, 4) is 17.6 Å². The van der Waals surface area contributed by atoms with Crippen molar-refractivity contribution >= 4 is 39.6 Å². The van der Waals surface area contributed by atoms with Gasteiger partial charge in [-0.15, -0.1) is 0 Å². The first-order chi connectivity index (χ1) is 17.9. The van der Waals surface area contributed by atoms with E-state index < -0.39 is 11.7 Å². The van der Waals surface area contributed by atoms with Gasteiger partial charge in [-0.3, -0.25) is 9.59 Å². The van der Waals surface area contributed by atoms with Crippen molar-refractivity contribution in [1.82, 2.24) is 5.43 Å². The van der Waals surface area contributed by atoms with Gasteiger partial charge >= 0.3 is 0 Å². The van der Waals surface area contributed by atoms with Crippen LogP contribution in [0.3, 0.4) is 0 Å². The molecule has 2 N–H and O–H groups in total. The summed E-state index contributed by atoms with van der Waals surface area (Å²) in [6, 6.07) is 18.1. The molecule has 0 spiro atoms. The summed E-state index contributed by atoms with van der Waals surface area (Å²) in [6.07, 6.45) is 1.31. The fraction of sp³-hybridized carbons (Fsp3) is 0.185. The maximum absolute atomic E-state index is 12.9. The van der Waals surface area contributed by atoms with Gasteiger partial charge in [0.25, 0.3) is 0 Å². The summed E-state index contributed by atoms with van der Waals surface area (Å²) < 4.78 is 25.2. The Bertz CT molecular complexity index is 1320. The van der Waals surface area contributed by atoms with E-state index in [1.54, 1.807) is 24.3 Å². The van der Waals surface area contributed by atoms with Crippen LogP contribution in [0.1, 0.15) is 36.5 Å². The minimum Gasteiger partial charge on any atom is -0.490 e. The molecule has 37 heavy (non-hydrogen) atoms. The van der Waals surface area contributed by atoms with Gasteiger partial charge in [-0.25, -0.2) is 9.82 Å². The Morgan fingerprint density at radius 1 is 1.08 bits per heavy atom. The Hall–Kier alpha value is -4.23. The predicted molar refractivity (Wildman–Crippen MR) is 141 cm³/mol. The number of hydrogen-bond acceptors (Lipinski definition) is 6. The molecule has 0 heterocycles. The van der Waals surface area contributed by atoms with Crippen molar-refractivity contribution in [1.29, 1.82) is 5.26 Å². The van der Waals surface area contributed by atoms with E-state index in [0.717, 1.165) is 5.56 Å². The molecule has 0 aliphatic rings. The zero-order chi connectivity index (χ0) is 26.6. The number of nitrogens with zero attached hydrogens (tertiary/aromatic N) is 2. The van der Waals surface area contributed by atoms with Gasteiger partial charge in [0.1, 0.15) is 12.4 Å². The van der Waals surface area contributed by atoms with E-state index in [1.807, 2.05) is 19.1 Å². The normalized spacial score (nSPS) is 10.5. The number of carbonyl (C=O) groups is 2. The first-order valence-electron chi connectivity index (χ1n) is 11.3. The minimum atomic E-state index is -0.439. The Balaban J connectivity index is 1.56. The summed E-state index contributed by atoms with van der Waals surface area (Å²) in [5.74, 6) is -0.270. The van der Waals surface area contributed by atoms with Gasteiger partial charge in [0, 0.05) is 24.1 Å². The number of halogens is 2. The van der Waals surface area contributed by atoms with E-state index in [9.17, 15) is 19.2 Å². The molecular formula is C27H24BrFN4O4. The lowest BCUT2D eigenvalue weighted by Crippen LogP contribution is -2.20. The molecule has 0 aliphatic heterocycles. The molecule has 3 rings (SSSR count). The van der Waals surface area contributed by atoms with E-state index in [0.29, 0.717) is 39.4 Å². The molecule has 0 fully saturated rings. The minimum absolute atomic E-state index is 0.0558. The number of ether oxygens (including phenoxy) is 2. The van der Waals surface area contributed by atoms with Gasteiger partial charge in [0.15, 0.2) is 11.5 Å². The van der Waals surface area contributed by atoms with Crippen LogP contribution in [0.25, 0.3) is 0 Å². The SMILES string of the molecule is CCOc1cc(C=NNC(=O)CCC(=O)Nc2ccc(F)cc2)cc(Br)c1OCc1ccccc1C#N. The van der Waals surface area contributed by atoms with E-state index in [1.165, 1.54) is 30.5 Å². The van der Waals surface area contributed by atoms with Crippen molar-refractivity contribution in [2.24, 2.45) is 5.10 Å². The first kappa shape index (κ1) is 27.4. The van der Waals surface area contributed by atoms with Crippen LogP contribution in [-0.4, -0.2) is 24.6 Å². The topological polar surface area (TPSA) is 113 Å². The van der Waals surface area contributed by atoms with Crippen LogP contribution < -0.4 is 20.2 Å². The number of anilines is 1. The van der Waals surface area contributed by atoms with E-state index >= 15 is 0 Å². The molecule has 0 aliphatic carbocycles. The van der Waals surface area contributed by atoms with Gasteiger partial charge in [-0.1, -0.05) is 18.2 Å². The molecule has 190 valence electrons. The van der Waals surface area contributed by atoms with E-state index in [2.05, 4.69) is 37.8 Å². The molecule has 0 atom stereocenters. The lowest BCUT2D eigenvalue weighted by Gasteiger charge is -2.15. The van der Waals surface area contributed by atoms with Crippen LogP contribution >= 0.6 is 15.9 Å². The molecule has 0 saturated carbocycles. The van der Waals surface area contributed by atoms with Crippen LogP contribution in [0.5, 0.6) is 11.5 Å². The van der Waals surface area contributed by atoms with Gasteiger partial charge in [-0.05, 0) is 70.9 Å². The second kappa shape index (κ2) is 13.8. The summed E-state index contributed by atoms with van der Waals surface area (Å²) in [7, 11) is 0. The maximum atomic E-state index is 12.9. The molecule has 0 radical (unpaired) electrons. The van der Waals surface area contributed by atoms with Gasteiger partial charge in [-0.2, -0.15) is 10.4 Å². The second-order valence-electron chi connectivity index (χ2n) is 7.67. The first-order valence-corrected chi connectivity index (χ1v) is 12.1. The van der Waals surface area contributed by atoms with E-state index in [-0.39, 0.29) is 25.4 Å². The van der Waals surface area contributed by atoms with Crippen molar-refractivity contribution in [3.63, 3.8) is 0 Å². The Kier molecular flexibility index (Phi) is 10.2. The van der Waals surface area contributed by atoms with Crippen LogP contribution in [0, 0.1) is 17.1 Å². The highest BCUT2D eigenvalue weighted by Gasteiger charge is 2.13.